The van der Waals surface area contributed by atoms with E-state index in [1.165, 1.54) is 0 Å². The molecule has 8 heteroatoms. The number of carbonyl (C=O) groups is 1. The second-order valence-corrected chi connectivity index (χ2v) is 9.53. The van der Waals surface area contributed by atoms with Gasteiger partial charge in [-0.15, -0.1) is 0 Å². The van der Waals surface area contributed by atoms with E-state index >= 15 is 0 Å². The number of likely N-dealkylation sites (N-methyl/N-ethyl adjacent to an activating group) is 1. The number of fused-ring (bicyclic) bond motifs is 1. The number of aliphatic hydroxyl groups is 1. The minimum Gasteiger partial charge on any atom is -0.389 e. The van der Waals surface area contributed by atoms with Gasteiger partial charge in [-0.3, -0.25) is 9.69 Å². The number of aliphatic hydroxyl groups excluding tert-OH is 1. The molecular weight excluding hydrogens is 386 g/mol. The van der Waals surface area contributed by atoms with Crippen LogP contribution < -0.4 is 0 Å². The molecule has 0 radical (unpaired) electrons. The lowest BCUT2D eigenvalue weighted by Gasteiger charge is -2.46. The smallest absolute Gasteiger partial charge is 0.225 e. The summed E-state index contributed by atoms with van der Waals surface area (Å²) in [4.78, 5) is 19.5. The minimum atomic E-state index is -0.456. The van der Waals surface area contributed by atoms with Gasteiger partial charge < -0.3 is 29.1 Å². The van der Waals surface area contributed by atoms with Gasteiger partial charge in [-0.25, -0.2) is 0 Å². The Kier molecular flexibility index (Phi) is 8.00. The summed E-state index contributed by atoms with van der Waals surface area (Å²) in [5.74, 6) is 0.830. The molecule has 0 aromatic heterocycles. The van der Waals surface area contributed by atoms with Crippen molar-refractivity contribution in [2.24, 2.45) is 5.92 Å². The van der Waals surface area contributed by atoms with E-state index in [0.717, 1.165) is 71.6 Å². The summed E-state index contributed by atoms with van der Waals surface area (Å²) >= 11 is 0. The van der Waals surface area contributed by atoms with E-state index in [1.807, 2.05) is 4.90 Å². The molecule has 0 aromatic rings. The fourth-order valence-corrected chi connectivity index (χ4v) is 5.30. The van der Waals surface area contributed by atoms with Gasteiger partial charge in [-0.2, -0.15) is 0 Å². The van der Waals surface area contributed by atoms with Crippen molar-refractivity contribution in [2.75, 3.05) is 72.7 Å². The summed E-state index contributed by atoms with van der Waals surface area (Å²) in [6.07, 6.45) is 4.00. The Labute approximate surface area is 180 Å². The molecule has 4 heterocycles. The molecule has 1 N–H and O–H groups in total. The van der Waals surface area contributed by atoms with Gasteiger partial charge >= 0.3 is 0 Å². The predicted molar refractivity (Wildman–Crippen MR) is 112 cm³/mol. The van der Waals surface area contributed by atoms with Gasteiger partial charge in [0, 0.05) is 58.5 Å². The lowest BCUT2D eigenvalue weighted by molar-refractivity contribution is -0.162. The highest BCUT2D eigenvalue weighted by molar-refractivity contribution is 5.76. The van der Waals surface area contributed by atoms with E-state index < -0.39 is 6.10 Å². The van der Waals surface area contributed by atoms with Gasteiger partial charge in [0.15, 0.2) is 0 Å². The average molecular weight is 426 g/mol. The molecule has 172 valence electrons. The van der Waals surface area contributed by atoms with Crippen LogP contribution in [-0.2, 0) is 19.0 Å². The Morgan fingerprint density at radius 3 is 2.53 bits per heavy atom. The third-order valence-corrected chi connectivity index (χ3v) is 7.18. The summed E-state index contributed by atoms with van der Waals surface area (Å²) in [6, 6.07) is 0.248. The standard InChI is InChI=1S/C22H39N3O5/c1-23-6-8-24(9-7-23)22(27)12-19-2-3-20-21(30-19)16-29-15-18(26)14-25(20)13-17-4-10-28-11-5-17/h17-21,26H,2-16H2,1H3/t18-,19+,20+,21-/m1/s1. The fraction of sp³-hybridized carbons (Fsp3) is 0.955. The van der Waals surface area contributed by atoms with Crippen LogP contribution in [0.5, 0.6) is 0 Å². The van der Waals surface area contributed by atoms with Gasteiger partial charge in [0.2, 0.25) is 5.91 Å². The maximum Gasteiger partial charge on any atom is 0.225 e. The van der Waals surface area contributed by atoms with Crippen LogP contribution in [0.15, 0.2) is 0 Å². The van der Waals surface area contributed by atoms with E-state index in [-0.39, 0.29) is 24.2 Å². The Morgan fingerprint density at radius 2 is 1.77 bits per heavy atom. The first-order valence-corrected chi connectivity index (χ1v) is 11.8. The Balaban J connectivity index is 1.33. The van der Waals surface area contributed by atoms with Crippen molar-refractivity contribution >= 4 is 5.91 Å². The van der Waals surface area contributed by atoms with Crippen molar-refractivity contribution in [3.05, 3.63) is 0 Å². The summed E-state index contributed by atoms with van der Waals surface area (Å²) < 4.78 is 17.7. The first-order chi connectivity index (χ1) is 14.6. The van der Waals surface area contributed by atoms with Crippen molar-refractivity contribution in [3.8, 4) is 0 Å². The van der Waals surface area contributed by atoms with Gasteiger partial charge in [0.05, 0.1) is 37.9 Å². The first-order valence-electron chi connectivity index (χ1n) is 11.8. The van der Waals surface area contributed by atoms with Crippen LogP contribution in [-0.4, -0.2) is 123 Å². The molecule has 4 atom stereocenters. The normalized spacial score (nSPS) is 35.5. The van der Waals surface area contributed by atoms with Gasteiger partial charge in [0.1, 0.15) is 0 Å². The van der Waals surface area contributed by atoms with Crippen molar-refractivity contribution in [1.82, 2.24) is 14.7 Å². The third-order valence-electron chi connectivity index (χ3n) is 7.18. The number of ether oxygens (including phenoxy) is 3. The quantitative estimate of drug-likeness (QED) is 0.689. The summed E-state index contributed by atoms with van der Waals surface area (Å²) in [5.41, 5.74) is 0. The number of nitrogens with zero attached hydrogens (tertiary/aromatic N) is 3. The van der Waals surface area contributed by atoms with E-state index in [4.69, 9.17) is 14.2 Å². The zero-order valence-electron chi connectivity index (χ0n) is 18.4. The largest absolute Gasteiger partial charge is 0.389 e. The van der Waals surface area contributed by atoms with Crippen LogP contribution in [0.25, 0.3) is 0 Å². The number of amides is 1. The predicted octanol–water partition coefficient (Wildman–Crippen LogP) is 0.186. The Bertz CT molecular complexity index is 551. The molecule has 0 unspecified atom stereocenters. The minimum absolute atomic E-state index is 0.0311. The monoisotopic (exact) mass is 425 g/mol. The van der Waals surface area contributed by atoms with Crippen LogP contribution in [0.3, 0.4) is 0 Å². The molecule has 8 nitrogen and oxygen atoms in total. The maximum absolute atomic E-state index is 12.8. The van der Waals surface area contributed by atoms with Crippen molar-refractivity contribution in [1.29, 1.82) is 0 Å². The number of hydrogen-bond acceptors (Lipinski definition) is 7. The highest BCUT2D eigenvalue weighted by Gasteiger charge is 2.39. The summed E-state index contributed by atoms with van der Waals surface area (Å²) in [7, 11) is 2.10. The number of carbonyl (C=O) groups excluding carboxylic acids is 1. The molecule has 0 spiro atoms. The lowest BCUT2D eigenvalue weighted by Crippen LogP contribution is -2.57. The number of hydrogen-bond donors (Lipinski definition) is 1. The number of piperazine rings is 1. The lowest BCUT2D eigenvalue weighted by atomic mass is 9.92. The first kappa shape index (κ1) is 22.4. The summed E-state index contributed by atoms with van der Waals surface area (Å²) in [5, 5.41) is 10.4. The second kappa shape index (κ2) is 10.7. The van der Waals surface area contributed by atoms with Crippen molar-refractivity contribution in [2.45, 2.75) is 56.5 Å². The van der Waals surface area contributed by atoms with Crippen molar-refractivity contribution in [3.63, 3.8) is 0 Å². The Morgan fingerprint density at radius 1 is 1.00 bits per heavy atom. The SMILES string of the molecule is CN1CCN(C(=O)C[C@@H]2CC[C@H]3[C@@H](COC[C@H](O)CN3CC3CCOCC3)O2)CC1. The van der Waals surface area contributed by atoms with Crippen LogP contribution in [0.4, 0.5) is 0 Å². The van der Waals surface area contributed by atoms with Gasteiger partial charge in [-0.1, -0.05) is 0 Å². The van der Waals surface area contributed by atoms with Crippen LogP contribution in [0, 0.1) is 5.92 Å². The average Bonchev–Trinajstić information content (AvgIpc) is 2.74. The zero-order valence-corrected chi connectivity index (χ0v) is 18.4. The fourth-order valence-electron chi connectivity index (χ4n) is 5.30. The molecule has 30 heavy (non-hydrogen) atoms. The highest BCUT2D eigenvalue weighted by Crippen LogP contribution is 2.29. The highest BCUT2D eigenvalue weighted by atomic mass is 16.5. The number of rotatable bonds is 4. The molecule has 0 saturated carbocycles. The third kappa shape index (κ3) is 5.93. The van der Waals surface area contributed by atoms with Gasteiger partial charge in [0.25, 0.3) is 0 Å². The van der Waals surface area contributed by atoms with Crippen molar-refractivity contribution < 1.29 is 24.1 Å². The van der Waals surface area contributed by atoms with E-state index in [1.54, 1.807) is 0 Å². The van der Waals surface area contributed by atoms with Crippen LogP contribution >= 0.6 is 0 Å². The van der Waals surface area contributed by atoms with Gasteiger partial charge in [-0.05, 0) is 38.6 Å². The molecule has 4 fully saturated rings. The number of β-amino-alcohol motifs (C(OH)–C–C–N with tert-alkyl or cyclic N) is 1. The molecular formula is C22H39N3O5. The molecule has 0 aliphatic carbocycles. The molecule has 0 bridgehead atoms. The molecule has 4 rings (SSSR count). The topological polar surface area (TPSA) is 74.7 Å². The molecule has 1 amide bonds. The maximum atomic E-state index is 12.8. The molecule has 4 aliphatic heterocycles. The Hall–Kier alpha value is -0.770. The second-order valence-electron chi connectivity index (χ2n) is 9.53. The van der Waals surface area contributed by atoms with E-state index in [0.29, 0.717) is 32.1 Å². The molecule has 4 saturated heterocycles. The van der Waals surface area contributed by atoms with Crippen LogP contribution in [0.1, 0.15) is 32.1 Å². The van der Waals surface area contributed by atoms with E-state index in [9.17, 15) is 9.90 Å². The molecule has 0 aromatic carbocycles. The van der Waals surface area contributed by atoms with Crippen LogP contribution in [0.2, 0.25) is 0 Å². The summed E-state index contributed by atoms with van der Waals surface area (Å²) in [6.45, 7) is 7.65. The van der Waals surface area contributed by atoms with E-state index in [2.05, 4.69) is 16.8 Å². The zero-order chi connectivity index (χ0) is 20.9. The molecule has 4 aliphatic rings.